The smallest absolute Gasteiger partial charge is 0.0443 e. The van der Waals surface area contributed by atoms with E-state index in [1.807, 2.05) is 0 Å². The van der Waals surface area contributed by atoms with Crippen molar-refractivity contribution in [2.45, 2.75) is 65.0 Å². The van der Waals surface area contributed by atoms with E-state index in [4.69, 9.17) is 0 Å². The summed E-state index contributed by atoms with van der Waals surface area (Å²) in [7, 11) is 0. The number of aryl methyl sites for hydroxylation is 1. The Morgan fingerprint density at radius 3 is 2.60 bits per heavy atom. The normalized spacial score (nSPS) is 22.8. The number of nitrogens with one attached hydrogen (secondary N) is 1. The highest BCUT2D eigenvalue weighted by Gasteiger charge is 2.29. The first-order chi connectivity index (χ1) is 9.77. The molecular formula is C18H30N2. The molecule has 2 rings (SSSR count). The summed E-state index contributed by atoms with van der Waals surface area (Å²) in [6.45, 7) is 9.02. The molecule has 1 aliphatic rings. The summed E-state index contributed by atoms with van der Waals surface area (Å²) in [6, 6.07) is 10.1. The minimum Gasteiger partial charge on any atom is -0.367 e. The average molecular weight is 274 g/mol. The average Bonchev–Trinajstić information content (AvgIpc) is 2.49. The van der Waals surface area contributed by atoms with Gasteiger partial charge in [0, 0.05) is 24.3 Å². The molecule has 1 fully saturated rings. The Bertz CT molecular complexity index is 402. The van der Waals surface area contributed by atoms with Crippen LogP contribution in [0.1, 0.15) is 51.5 Å². The fraction of sp³-hybridized carbons (Fsp3) is 0.667. The topological polar surface area (TPSA) is 15.3 Å². The molecule has 0 radical (unpaired) electrons. The molecule has 2 heteroatoms. The first kappa shape index (κ1) is 15.4. The third-order valence-corrected chi connectivity index (χ3v) is 4.55. The SMILES string of the molecule is CCCNC1CCCCC1N(CC)c1ccccc1C. The molecular weight excluding hydrogens is 244 g/mol. The van der Waals surface area contributed by atoms with Gasteiger partial charge in [0.25, 0.3) is 0 Å². The van der Waals surface area contributed by atoms with Crippen molar-refractivity contribution in [3.63, 3.8) is 0 Å². The van der Waals surface area contributed by atoms with Crippen LogP contribution in [0.5, 0.6) is 0 Å². The van der Waals surface area contributed by atoms with E-state index in [0.29, 0.717) is 12.1 Å². The second-order valence-corrected chi connectivity index (χ2v) is 5.98. The molecule has 0 heterocycles. The van der Waals surface area contributed by atoms with Gasteiger partial charge in [-0.05, 0) is 51.3 Å². The highest BCUT2D eigenvalue weighted by Crippen LogP contribution is 2.29. The summed E-state index contributed by atoms with van der Waals surface area (Å²) < 4.78 is 0. The van der Waals surface area contributed by atoms with Gasteiger partial charge in [-0.15, -0.1) is 0 Å². The standard InChI is InChI=1S/C18H30N2/c1-4-14-19-16-11-7-9-13-18(16)20(5-2)17-12-8-6-10-15(17)3/h6,8,10,12,16,18-19H,4-5,7,9,11,13-14H2,1-3H3. The largest absolute Gasteiger partial charge is 0.367 e. The van der Waals surface area contributed by atoms with Crippen molar-refractivity contribution in [3.05, 3.63) is 29.8 Å². The van der Waals surface area contributed by atoms with Crippen molar-refractivity contribution in [2.24, 2.45) is 0 Å². The van der Waals surface area contributed by atoms with Gasteiger partial charge in [-0.2, -0.15) is 0 Å². The quantitative estimate of drug-likeness (QED) is 0.839. The molecule has 1 aromatic rings. The van der Waals surface area contributed by atoms with Crippen LogP contribution in [0, 0.1) is 6.92 Å². The molecule has 0 aromatic heterocycles. The van der Waals surface area contributed by atoms with Crippen molar-refractivity contribution < 1.29 is 0 Å². The zero-order valence-electron chi connectivity index (χ0n) is 13.4. The molecule has 2 atom stereocenters. The molecule has 0 spiro atoms. The molecule has 0 aliphatic heterocycles. The van der Waals surface area contributed by atoms with Crippen LogP contribution in [0.25, 0.3) is 0 Å². The first-order valence-corrected chi connectivity index (χ1v) is 8.33. The number of para-hydroxylation sites is 1. The molecule has 1 aromatic carbocycles. The predicted octanol–water partition coefficient (Wildman–Crippen LogP) is 4.13. The lowest BCUT2D eigenvalue weighted by molar-refractivity contribution is 0.315. The summed E-state index contributed by atoms with van der Waals surface area (Å²) in [4.78, 5) is 2.63. The summed E-state index contributed by atoms with van der Waals surface area (Å²) in [5.74, 6) is 0. The van der Waals surface area contributed by atoms with E-state index < -0.39 is 0 Å². The van der Waals surface area contributed by atoms with Gasteiger partial charge in [0.2, 0.25) is 0 Å². The summed E-state index contributed by atoms with van der Waals surface area (Å²) >= 11 is 0. The summed E-state index contributed by atoms with van der Waals surface area (Å²) in [5, 5.41) is 3.78. The van der Waals surface area contributed by atoms with E-state index in [1.54, 1.807) is 0 Å². The van der Waals surface area contributed by atoms with Crippen LogP contribution in [0.15, 0.2) is 24.3 Å². The lowest BCUT2D eigenvalue weighted by Gasteiger charge is -2.42. The van der Waals surface area contributed by atoms with Gasteiger partial charge in [-0.3, -0.25) is 0 Å². The number of anilines is 1. The molecule has 0 amide bonds. The maximum Gasteiger partial charge on any atom is 0.0443 e. The second-order valence-electron chi connectivity index (χ2n) is 5.98. The molecule has 20 heavy (non-hydrogen) atoms. The fourth-order valence-corrected chi connectivity index (χ4v) is 3.52. The van der Waals surface area contributed by atoms with Crippen LogP contribution < -0.4 is 10.2 Å². The van der Waals surface area contributed by atoms with Crippen LogP contribution >= 0.6 is 0 Å². The van der Waals surface area contributed by atoms with Crippen LogP contribution in [-0.4, -0.2) is 25.2 Å². The number of hydrogen-bond donors (Lipinski definition) is 1. The number of benzene rings is 1. The van der Waals surface area contributed by atoms with Gasteiger partial charge in [-0.25, -0.2) is 0 Å². The van der Waals surface area contributed by atoms with Crippen LogP contribution in [-0.2, 0) is 0 Å². The second kappa shape index (κ2) is 7.68. The Morgan fingerprint density at radius 1 is 1.15 bits per heavy atom. The maximum atomic E-state index is 3.78. The van der Waals surface area contributed by atoms with E-state index in [0.717, 1.165) is 13.1 Å². The van der Waals surface area contributed by atoms with Crippen molar-refractivity contribution in [1.29, 1.82) is 0 Å². The van der Waals surface area contributed by atoms with Crippen molar-refractivity contribution in [1.82, 2.24) is 5.32 Å². The Labute approximate surface area is 124 Å². The molecule has 1 N–H and O–H groups in total. The third-order valence-electron chi connectivity index (χ3n) is 4.55. The van der Waals surface area contributed by atoms with E-state index >= 15 is 0 Å². The minimum absolute atomic E-state index is 0.654. The predicted molar refractivity (Wildman–Crippen MR) is 88.5 cm³/mol. The Morgan fingerprint density at radius 2 is 1.90 bits per heavy atom. The molecule has 0 saturated heterocycles. The number of hydrogen-bond acceptors (Lipinski definition) is 2. The summed E-state index contributed by atoms with van der Waals surface area (Å²) in [5.41, 5.74) is 2.82. The molecule has 112 valence electrons. The maximum absolute atomic E-state index is 3.78. The van der Waals surface area contributed by atoms with E-state index in [2.05, 4.69) is 55.3 Å². The van der Waals surface area contributed by atoms with Crippen molar-refractivity contribution in [3.8, 4) is 0 Å². The molecule has 2 nitrogen and oxygen atoms in total. The monoisotopic (exact) mass is 274 g/mol. The van der Waals surface area contributed by atoms with Crippen molar-refractivity contribution in [2.75, 3.05) is 18.0 Å². The number of nitrogens with zero attached hydrogens (tertiary/aromatic N) is 1. The van der Waals surface area contributed by atoms with Crippen LogP contribution in [0.3, 0.4) is 0 Å². The van der Waals surface area contributed by atoms with Gasteiger partial charge >= 0.3 is 0 Å². The van der Waals surface area contributed by atoms with Gasteiger partial charge in [-0.1, -0.05) is 38.0 Å². The highest BCUT2D eigenvalue weighted by molar-refractivity contribution is 5.54. The Hall–Kier alpha value is -1.02. The number of rotatable bonds is 6. The zero-order chi connectivity index (χ0) is 14.4. The van der Waals surface area contributed by atoms with Crippen LogP contribution in [0.2, 0.25) is 0 Å². The fourth-order valence-electron chi connectivity index (χ4n) is 3.52. The summed E-state index contributed by atoms with van der Waals surface area (Å²) in [6.07, 6.45) is 6.62. The molecule has 1 saturated carbocycles. The molecule has 1 aliphatic carbocycles. The van der Waals surface area contributed by atoms with E-state index in [9.17, 15) is 0 Å². The van der Waals surface area contributed by atoms with E-state index in [1.165, 1.54) is 43.4 Å². The minimum atomic E-state index is 0.654. The number of likely N-dealkylation sites (N-methyl/N-ethyl adjacent to an activating group) is 1. The van der Waals surface area contributed by atoms with Crippen LogP contribution in [0.4, 0.5) is 5.69 Å². The first-order valence-electron chi connectivity index (χ1n) is 8.33. The van der Waals surface area contributed by atoms with Gasteiger partial charge in [0.15, 0.2) is 0 Å². The van der Waals surface area contributed by atoms with Gasteiger partial charge in [0.1, 0.15) is 0 Å². The van der Waals surface area contributed by atoms with Gasteiger partial charge in [0.05, 0.1) is 0 Å². The van der Waals surface area contributed by atoms with Gasteiger partial charge < -0.3 is 10.2 Å². The van der Waals surface area contributed by atoms with E-state index in [-0.39, 0.29) is 0 Å². The third kappa shape index (κ3) is 3.54. The Balaban J connectivity index is 2.17. The lowest BCUT2D eigenvalue weighted by Crippen LogP contribution is -2.52. The Kier molecular flexibility index (Phi) is 5.90. The highest BCUT2D eigenvalue weighted by atomic mass is 15.2. The zero-order valence-corrected chi connectivity index (χ0v) is 13.4. The van der Waals surface area contributed by atoms with Crippen molar-refractivity contribution >= 4 is 5.69 Å². The lowest BCUT2D eigenvalue weighted by atomic mass is 9.88. The molecule has 0 bridgehead atoms. The molecule has 2 unspecified atom stereocenters.